The van der Waals surface area contributed by atoms with E-state index in [2.05, 4.69) is 26.8 Å². The highest BCUT2D eigenvalue weighted by Gasteiger charge is 2.11. The first-order valence-corrected chi connectivity index (χ1v) is 9.32. The summed E-state index contributed by atoms with van der Waals surface area (Å²) in [5.41, 5.74) is 5.17. The Kier molecular flexibility index (Phi) is 19.0. The predicted molar refractivity (Wildman–Crippen MR) is 92.3 cm³/mol. The van der Waals surface area contributed by atoms with Gasteiger partial charge in [-0.15, -0.1) is 0 Å². The van der Waals surface area contributed by atoms with Gasteiger partial charge in [-0.1, -0.05) is 64.7 Å². The molecule has 0 amide bonds. The van der Waals surface area contributed by atoms with Crippen LogP contribution in [-0.4, -0.2) is 43.5 Å². The maximum absolute atomic E-state index is 10.4. The Bertz CT molecular complexity index is 292. The third-order valence-electron chi connectivity index (χ3n) is 3.64. The van der Waals surface area contributed by atoms with E-state index in [1.807, 2.05) is 0 Å². The van der Waals surface area contributed by atoms with Crippen LogP contribution in [0.3, 0.4) is 0 Å². The van der Waals surface area contributed by atoms with Crippen molar-refractivity contribution >= 4 is 5.97 Å². The molecule has 8 heteroatoms. The lowest BCUT2D eigenvalue weighted by Crippen LogP contribution is -2.34. The Morgan fingerprint density at radius 2 is 1.40 bits per heavy atom. The Labute approximate surface area is 150 Å². The lowest BCUT2D eigenvalue weighted by atomic mass is 10.1. The number of nitrogens with two attached hydrogens (primary N) is 1. The number of rotatable bonds is 20. The molecule has 0 saturated heterocycles. The van der Waals surface area contributed by atoms with Crippen LogP contribution in [0.1, 0.15) is 71.1 Å². The van der Waals surface area contributed by atoms with Crippen LogP contribution in [-0.2, 0) is 29.4 Å². The number of ether oxygens (including phenoxy) is 1. The molecule has 1 unspecified atom stereocenters. The van der Waals surface area contributed by atoms with Gasteiger partial charge in [0.05, 0.1) is 6.61 Å². The number of hydrogen-bond acceptors (Lipinski definition) is 7. The van der Waals surface area contributed by atoms with Gasteiger partial charge in [0, 0.05) is 6.61 Å². The van der Waals surface area contributed by atoms with Crippen LogP contribution in [0, 0.1) is 0 Å². The molecule has 0 bridgehead atoms. The van der Waals surface area contributed by atoms with Crippen LogP contribution in [0.25, 0.3) is 0 Å². The zero-order valence-corrected chi connectivity index (χ0v) is 15.5. The van der Waals surface area contributed by atoms with Crippen molar-refractivity contribution in [1.29, 1.82) is 0 Å². The van der Waals surface area contributed by atoms with E-state index in [9.17, 15) is 4.79 Å². The second-order valence-electron chi connectivity index (χ2n) is 5.98. The van der Waals surface area contributed by atoms with Crippen molar-refractivity contribution in [3.8, 4) is 0 Å². The quantitative estimate of drug-likeness (QED) is 0.192. The number of carboxylic acids is 1. The van der Waals surface area contributed by atoms with E-state index in [1.54, 1.807) is 0 Å². The highest BCUT2D eigenvalue weighted by molar-refractivity contribution is 5.73. The molecule has 0 aromatic rings. The second-order valence-corrected chi connectivity index (χ2v) is 5.98. The molecule has 0 fully saturated rings. The summed E-state index contributed by atoms with van der Waals surface area (Å²) in [7, 11) is 0. The van der Waals surface area contributed by atoms with Crippen LogP contribution in [0.4, 0.5) is 0 Å². The normalized spacial score (nSPS) is 12.4. The summed E-state index contributed by atoms with van der Waals surface area (Å²) in [6, 6.07) is -1.17. The van der Waals surface area contributed by atoms with E-state index < -0.39 is 12.0 Å². The smallest absolute Gasteiger partial charge is 0.323 e. The molecular formula is C17H35NO7. The van der Waals surface area contributed by atoms with Gasteiger partial charge in [-0.2, -0.15) is 0 Å². The predicted octanol–water partition coefficient (Wildman–Crippen LogP) is 3.15. The minimum atomic E-state index is -1.19. The van der Waals surface area contributed by atoms with E-state index in [-0.39, 0.29) is 13.2 Å². The van der Waals surface area contributed by atoms with Crippen molar-refractivity contribution in [2.24, 2.45) is 5.73 Å². The van der Waals surface area contributed by atoms with E-state index >= 15 is 0 Å². The number of carbonyl (C=O) groups is 1. The molecule has 3 N–H and O–H groups in total. The van der Waals surface area contributed by atoms with Crippen LogP contribution in [0.5, 0.6) is 0 Å². The summed E-state index contributed by atoms with van der Waals surface area (Å²) in [6.07, 6.45) is 12.9. The van der Waals surface area contributed by atoms with Crippen molar-refractivity contribution < 1.29 is 34.5 Å². The Morgan fingerprint density at radius 3 is 2.00 bits per heavy atom. The Morgan fingerprint density at radius 1 is 0.840 bits per heavy atom. The molecular weight excluding hydrogens is 330 g/mol. The van der Waals surface area contributed by atoms with Gasteiger partial charge in [0.1, 0.15) is 19.3 Å². The van der Waals surface area contributed by atoms with Gasteiger partial charge in [0.15, 0.2) is 0 Å². The van der Waals surface area contributed by atoms with Crippen molar-refractivity contribution in [3.63, 3.8) is 0 Å². The summed E-state index contributed by atoms with van der Waals surface area (Å²) in [5, 5.41) is 16.8. The molecule has 0 saturated carbocycles. The van der Waals surface area contributed by atoms with E-state index in [1.165, 1.54) is 57.8 Å². The summed E-state index contributed by atoms with van der Waals surface area (Å²) >= 11 is 0. The first-order chi connectivity index (χ1) is 12.2. The third kappa shape index (κ3) is 19.4. The molecule has 0 aliphatic carbocycles. The number of carboxylic acid groups (broad SMARTS) is 1. The summed E-state index contributed by atoms with van der Waals surface area (Å²) in [6.45, 7) is 3.17. The molecule has 0 rings (SSSR count). The molecule has 1 atom stereocenters. The largest absolute Gasteiger partial charge is 0.480 e. The van der Waals surface area contributed by atoms with Gasteiger partial charge >= 0.3 is 5.97 Å². The standard InChI is InChI=1S/C17H35NO7/c1-2-3-4-5-6-7-8-9-10-11-12-21-13-14-22-24-25-23-15-16(18)17(19)20/h16H,2-15,18H2,1H3,(H,19,20). The fourth-order valence-electron chi connectivity index (χ4n) is 2.13. The minimum absolute atomic E-state index is 0.187. The zero-order valence-electron chi connectivity index (χ0n) is 15.5. The van der Waals surface area contributed by atoms with Gasteiger partial charge in [-0.05, 0) is 16.5 Å². The first kappa shape index (κ1) is 24.2. The highest BCUT2D eigenvalue weighted by Crippen LogP contribution is 2.10. The van der Waals surface area contributed by atoms with E-state index in [0.717, 1.165) is 6.42 Å². The molecule has 0 aromatic heterocycles. The molecule has 25 heavy (non-hydrogen) atoms. The zero-order chi connectivity index (χ0) is 18.6. The number of unbranched alkanes of at least 4 members (excludes halogenated alkanes) is 9. The van der Waals surface area contributed by atoms with Gasteiger partial charge in [0.25, 0.3) is 0 Å². The molecule has 150 valence electrons. The minimum Gasteiger partial charge on any atom is -0.480 e. The van der Waals surface area contributed by atoms with Crippen LogP contribution in [0.15, 0.2) is 0 Å². The van der Waals surface area contributed by atoms with Crippen LogP contribution < -0.4 is 5.73 Å². The Hall–Kier alpha value is -0.770. The van der Waals surface area contributed by atoms with Gasteiger partial charge in [-0.25, -0.2) is 9.78 Å². The second kappa shape index (κ2) is 19.6. The molecule has 0 aliphatic heterocycles. The summed E-state index contributed by atoms with van der Waals surface area (Å²) in [4.78, 5) is 19.4. The number of aliphatic carboxylic acids is 1. The first-order valence-electron chi connectivity index (χ1n) is 9.32. The molecule has 0 spiro atoms. The topological polar surface area (TPSA) is 109 Å². The Balaban J connectivity index is 3.04. The van der Waals surface area contributed by atoms with E-state index in [0.29, 0.717) is 13.2 Å². The van der Waals surface area contributed by atoms with Crippen LogP contribution >= 0.6 is 0 Å². The SMILES string of the molecule is CCCCCCCCCCCCOCCOOOOCC(N)C(=O)O. The van der Waals surface area contributed by atoms with E-state index in [4.69, 9.17) is 15.6 Å². The summed E-state index contributed by atoms with van der Waals surface area (Å²) in [5.74, 6) is -1.19. The van der Waals surface area contributed by atoms with Gasteiger partial charge in [-0.3, -0.25) is 4.79 Å². The van der Waals surface area contributed by atoms with Crippen molar-refractivity contribution in [1.82, 2.24) is 0 Å². The number of hydrogen-bond donors (Lipinski definition) is 2. The maximum Gasteiger partial charge on any atom is 0.323 e. The summed E-state index contributed by atoms with van der Waals surface area (Å²) < 4.78 is 5.38. The van der Waals surface area contributed by atoms with Crippen molar-refractivity contribution in [2.45, 2.75) is 77.2 Å². The van der Waals surface area contributed by atoms with Gasteiger partial charge in [0.2, 0.25) is 0 Å². The fourth-order valence-corrected chi connectivity index (χ4v) is 2.13. The molecule has 0 aliphatic rings. The lowest BCUT2D eigenvalue weighted by molar-refractivity contribution is -0.634. The highest BCUT2D eigenvalue weighted by atomic mass is 17.7. The van der Waals surface area contributed by atoms with Crippen LogP contribution in [0.2, 0.25) is 0 Å². The lowest BCUT2D eigenvalue weighted by Gasteiger charge is -2.06. The van der Waals surface area contributed by atoms with Gasteiger partial charge < -0.3 is 15.6 Å². The average Bonchev–Trinajstić information content (AvgIpc) is 2.60. The molecule has 0 aromatic carbocycles. The maximum atomic E-state index is 10.4. The molecule has 0 heterocycles. The average molecular weight is 365 g/mol. The third-order valence-corrected chi connectivity index (χ3v) is 3.64. The molecule has 8 nitrogen and oxygen atoms in total. The van der Waals surface area contributed by atoms with Crippen molar-refractivity contribution in [3.05, 3.63) is 0 Å². The fraction of sp³-hybridized carbons (Fsp3) is 0.941. The monoisotopic (exact) mass is 365 g/mol. The van der Waals surface area contributed by atoms with Crippen molar-refractivity contribution in [2.75, 3.05) is 26.4 Å². The molecule has 0 radical (unpaired) electrons.